The lowest BCUT2D eigenvalue weighted by Crippen LogP contribution is -2.51. The third-order valence-electron chi connectivity index (χ3n) is 6.29. The monoisotopic (exact) mass is 555 g/mol. The molecule has 0 aliphatic rings. The highest BCUT2D eigenvalue weighted by molar-refractivity contribution is 7.92. The summed E-state index contributed by atoms with van der Waals surface area (Å²) in [6, 6.07) is 18.0. The highest BCUT2D eigenvalue weighted by atomic mass is 35.5. The van der Waals surface area contributed by atoms with Crippen LogP contribution in [-0.2, 0) is 26.2 Å². The number of carbonyl (C=O) groups is 2. The van der Waals surface area contributed by atoms with Crippen LogP contribution in [0.4, 0.5) is 5.69 Å². The molecule has 0 aromatic heterocycles. The standard InChI is InChI=1S/C29H34ClN3O4S/c1-6-31-29(35)23(5)32(18-24-10-12-25(30)13-11-24)28(34)19-33(27-16-9-21(3)17-22(27)4)38(36,37)26-14-7-20(2)8-15-26/h7-17,23H,6,18-19H2,1-5H3,(H,31,35)/t23-/m1/s1. The number of nitrogens with zero attached hydrogens (tertiary/aromatic N) is 2. The summed E-state index contributed by atoms with van der Waals surface area (Å²) in [7, 11) is -4.10. The van der Waals surface area contributed by atoms with E-state index in [0.29, 0.717) is 17.3 Å². The van der Waals surface area contributed by atoms with Gasteiger partial charge in [0.25, 0.3) is 10.0 Å². The zero-order valence-electron chi connectivity index (χ0n) is 22.4. The van der Waals surface area contributed by atoms with E-state index in [-0.39, 0.29) is 17.3 Å². The van der Waals surface area contributed by atoms with Crippen molar-refractivity contribution >= 4 is 39.1 Å². The summed E-state index contributed by atoms with van der Waals surface area (Å²) in [5, 5.41) is 3.30. The van der Waals surface area contributed by atoms with Gasteiger partial charge in [-0.15, -0.1) is 0 Å². The van der Waals surface area contributed by atoms with Crippen molar-refractivity contribution in [1.82, 2.24) is 10.2 Å². The zero-order chi connectivity index (χ0) is 28.0. The third-order valence-corrected chi connectivity index (χ3v) is 8.32. The number of hydrogen-bond donors (Lipinski definition) is 1. The van der Waals surface area contributed by atoms with Crippen molar-refractivity contribution in [1.29, 1.82) is 0 Å². The third kappa shape index (κ3) is 6.94. The molecule has 0 aliphatic heterocycles. The molecule has 0 aliphatic carbocycles. The number of halogens is 1. The van der Waals surface area contributed by atoms with E-state index in [4.69, 9.17) is 11.6 Å². The molecule has 0 radical (unpaired) electrons. The van der Waals surface area contributed by atoms with Gasteiger partial charge in [-0.2, -0.15) is 0 Å². The van der Waals surface area contributed by atoms with E-state index < -0.39 is 28.5 Å². The fourth-order valence-corrected chi connectivity index (χ4v) is 5.73. The van der Waals surface area contributed by atoms with E-state index in [2.05, 4.69) is 5.32 Å². The maximum Gasteiger partial charge on any atom is 0.264 e. The van der Waals surface area contributed by atoms with Crippen LogP contribution in [0.2, 0.25) is 5.02 Å². The molecule has 38 heavy (non-hydrogen) atoms. The molecule has 0 spiro atoms. The van der Waals surface area contributed by atoms with Crippen molar-refractivity contribution in [3.8, 4) is 0 Å². The molecule has 2 amide bonds. The maximum atomic E-state index is 13.9. The lowest BCUT2D eigenvalue weighted by atomic mass is 10.1. The minimum atomic E-state index is -4.10. The normalized spacial score (nSPS) is 12.1. The van der Waals surface area contributed by atoms with Gasteiger partial charge in [0, 0.05) is 18.1 Å². The highest BCUT2D eigenvalue weighted by Gasteiger charge is 2.33. The average molecular weight is 556 g/mol. The molecule has 0 unspecified atom stereocenters. The van der Waals surface area contributed by atoms with E-state index in [1.54, 1.807) is 56.3 Å². The number of rotatable bonds is 10. The summed E-state index contributed by atoms with van der Waals surface area (Å²) in [6.45, 7) is 9.08. The van der Waals surface area contributed by atoms with Gasteiger partial charge in [-0.05, 0) is 76.1 Å². The molecular formula is C29H34ClN3O4S. The lowest BCUT2D eigenvalue weighted by Gasteiger charge is -2.32. The van der Waals surface area contributed by atoms with Gasteiger partial charge in [0.1, 0.15) is 12.6 Å². The number of carbonyl (C=O) groups excluding carboxylic acids is 2. The zero-order valence-corrected chi connectivity index (χ0v) is 23.9. The van der Waals surface area contributed by atoms with Gasteiger partial charge < -0.3 is 10.2 Å². The van der Waals surface area contributed by atoms with Crippen LogP contribution in [0.1, 0.15) is 36.1 Å². The molecule has 3 rings (SSSR count). The van der Waals surface area contributed by atoms with Crippen LogP contribution in [0.25, 0.3) is 0 Å². The van der Waals surface area contributed by atoms with Gasteiger partial charge in [0.05, 0.1) is 10.6 Å². The summed E-state index contributed by atoms with van der Waals surface area (Å²) < 4.78 is 28.9. The Labute approximate surface area is 230 Å². The molecule has 9 heteroatoms. The molecule has 0 saturated heterocycles. The SMILES string of the molecule is CCNC(=O)[C@@H](C)N(Cc1ccc(Cl)cc1)C(=O)CN(c1ccc(C)cc1C)S(=O)(=O)c1ccc(C)cc1. The van der Waals surface area contributed by atoms with Crippen molar-refractivity contribution < 1.29 is 18.0 Å². The molecule has 0 saturated carbocycles. The number of anilines is 1. The number of sulfonamides is 1. The summed E-state index contributed by atoms with van der Waals surface area (Å²) in [5.74, 6) is -0.830. The quantitative estimate of drug-likeness (QED) is 0.381. The van der Waals surface area contributed by atoms with Crippen LogP contribution in [0.3, 0.4) is 0 Å². The Kier molecular flexibility index (Phi) is 9.57. The fourth-order valence-electron chi connectivity index (χ4n) is 4.13. The number of benzene rings is 3. The van der Waals surface area contributed by atoms with Crippen LogP contribution in [0.5, 0.6) is 0 Å². The molecule has 202 valence electrons. The molecular weight excluding hydrogens is 522 g/mol. The number of nitrogens with one attached hydrogen (secondary N) is 1. The Balaban J connectivity index is 2.06. The van der Waals surface area contributed by atoms with Gasteiger partial charge in [0.15, 0.2) is 0 Å². The van der Waals surface area contributed by atoms with Crippen molar-refractivity contribution in [3.63, 3.8) is 0 Å². The molecule has 0 heterocycles. The van der Waals surface area contributed by atoms with Crippen molar-refractivity contribution in [3.05, 3.63) is 94.0 Å². The maximum absolute atomic E-state index is 13.9. The highest BCUT2D eigenvalue weighted by Crippen LogP contribution is 2.28. The number of likely N-dealkylation sites (N-methyl/N-ethyl adjacent to an activating group) is 1. The van der Waals surface area contributed by atoms with E-state index in [1.165, 1.54) is 17.0 Å². The first-order chi connectivity index (χ1) is 17.9. The van der Waals surface area contributed by atoms with Crippen molar-refractivity contribution in [2.75, 3.05) is 17.4 Å². The molecule has 0 fully saturated rings. The van der Waals surface area contributed by atoms with Gasteiger partial charge >= 0.3 is 0 Å². The summed E-state index contributed by atoms with van der Waals surface area (Å²) in [5.41, 5.74) is 3.77. The van der Waals surface area contributed by atoms with E-state index in [0.717, 1.165) is 26.6 Å². The Morgan fingerprint density at radius 2 is 1.53 bits per heavy atom. The number of aryl methyl sites for hydroxylation is 3. The summed E-state index contributed by atoms with van der Waals surface area (Å²) >= 11 is 6.03. The van der Waals surface area contributed by atoms with Gasteiger partial charge in [0.2, 0.25) is 11.8 Å². The first kappa shape index (κ1) is 29.2. The summed E-state index contributed by atoms with van der Waals surface area (Å²) in [6.07, 6.45) is 0. The lowest BCUT2D eigenvalue weighted by molar-refractivity contribution is -0.139. The Morgan fingerprint density at radius 3 is 2.11 bits per heavy atom. The largest absolute Gasteiger partial charge is 0.355 e. The Bertz CT molecular complexity index is 1390. The van der Waals surface area contributed by atoms with Crippen molar-refractivity contribution in [2.24, 2.45) is 0 Å². The predicted molar refractivity (Wildman–Crippen MR) is 152 cm³/mol. The first-order valence-corrected chi connectivity index (χ1v) is 14.2. The Hall–Kier alpha value is -3.36. The van der Waals surface area contributed by atoms with Gasteiger partial charge in [-0.3, -0.25) is 13.9 Å². The van der Waals surface area contributed by atoms with Gasteiger partial charge in [-0.1, -0.05) is 59.1 Å². The van der Waals surface area contributed by atoms with E-state index in [9.17, 15) is 18.0 Å². The minimum absolute atomic E-state index is 0.0805. The molecule has 0 bridgehead atoms. The molecule has 1 N–H and O–H groups in total. The van der Waals surface area contributed by atoms with Crippen molar-refractivity contribution in [2.45, 2.75) is 52.1 Å². The van der Waals surface area contributed by atoms with E-state index >= 15 is 0 Å². The second kappa shape index (κ2) is 12.5. The van der Waals surface area contributed by atoms with E-state index in [1.807, 2.05) is 32.9 Å². The van der Waals surface area contributed by atoms with Crippen LogP contribution in [-0.4, -0.2) is 44.3 Å². The van der Waals surface area contributed by atoms with Crippen LogP contribution in [0, 0.1) is 20.8 Å². The van der Waals surface area contributed by atoms with Gasteiger partial charge in [-0.25, -0.2) is 8.42 Å². The average Bonchev–Trinajstić information content (AvgIpc) is 2.87. The Morgan fingerprint density at radius 1 is 0.921 bits per heavy atom. The smallest absolute Gasteiger partial charge is 0.264 e. The first-order valence-electron chi connectivity index (χ1n) is 12.4. The topological polar surface area (TPSA) is 86.8 Å². The van der Waals surface area contributed by atoms with Crippen LogP contribution in [0.15, 0.2) is 71.6 Å². The second-order valence-electron chi connectivity index (χ2n) is 9.33. The van der Waals surface area contributed by atoms with Crippen LogP contribution < -0.4 is 9.62 Å². The molecule has 3 aromatic carbocycles. The fraction of sp³-hybridized carbons (Fsp3) is 0.310. The second-order valence-corrected chi connectivity index (χ2v) is 11.6. The molecule has 3 aromatic rings. The predicted octanol–water partition coefficient (Wildman–Crippen LogP) is 5.01. The number of hydrogen-bond acceptors (Lipinski definition) is 4. The minimum Gasteiger partial charge on any atom is -0.355 e. The number of amides is 2. The molecule has 7 nitrogen and oxygen atoms in total. The molecule has 1 atom stereocenters. The van der Waals surface area contributed by atoms with Crippen LogP contribution >= 0.6 is 11.6 Å². The summed E-state index contributed by atoms with van der Waals surface area (Å²) in [4.78, 5) is 28.1.